The predicted molar refractivity (Wildman–Crippen MR) is 131 cm³/mol. The van der Waals surface area contributed by atoms with Crippen LogP contribution in [0.2, 0.25) is 0 Å². The van der Waals surface area contributed by atoms with Crippen LogP contribution >= 0.6 is 0 Å². The lowest BCUT2D eigenvalue weighted by Gasteiger charge is -2.21. The van der Waals surface area contributed by atoms with Crippen LogP contribution in [0.15, 0.2) is 90.0 Å². The second-order valence-electron chi connectivity index (χ2n) is 8.14. The van der Waals surface area contributed by atoms with Crippen LogP contribution in [0.5, 0.6) is 11.5 Å². The van der Waals surface area contributed by atoms with E-state index in [1.807, 2.05) is 55.5 Å². The summed E-state index contributed by atoms with van der Waals surface area (Å²) in [6, 6.07) is 22.3. The molecule has 2 aliphatic heterocycles. The Morgan fingerprint density at radius 1 is 0.824 bits per heavy atom. The van der Waals surface area contributed by atoms with E-state index in [9.17, 15) is 8.42 Å². The van der Waals surface area contributed by atoms with Gasteiger partial charge in [-0.2, -0.15) is 0 Å². The van der Waals surface area contributed by atoms with E-state index < -0.39 is 10.0 Å². The molecule has 6 nitrogen and oxygen atoms in total. The number of aryl methyl sites for hydroxylation is 1. The van der Waals surface area contributed by atoms with E-state index in [4.69, 9.17) is 14.2 Å². The number of hydrogen-bond acceptors (Lipinski definition) is 5. The van der Waals surface area contributed by atoms with Crippen molar-refractivity contribution in [3.63, 3.8) is 0 Å². The van der Waals surface area contributed by atoms with Crippen molar-refractivity contribution in [2.75, 3.05) is 19.9 Å². The van der Waals surface area contributed by atoms with E-state index >= 15 is 0 Å². The highest BCUT2D eigenvalue weighted by Gasteiger charge is 2.24. The molecule has 0 saturated heterocycles. The summed E-state index contributed by atoms with van der Waals surface area (Å²) in [7, 11) is -3.82. The van der Waals surface area contributed by atoms with Gasteiger partial charge in [-0.15, -0.1) is 0 Å². The van der Waals surface area contributed by atoms with E-state index in [0.29, 0.717) is 30.3 Å². The Kier molecular flexibility index (Phi) is 6.02. The van der Waals surface area contributed by atoms with Crippen LogP contribution in [0.4, 0.5) is 0 Å². The van der Waals surface area contributed by atoms with Crippen molar-refractivity contribution in [3.05, 3.63) is 102 Å². The van der Waals surface area contributed by atoms with E-state index in [1.165, 1.54) is 4.31 Å². The van der Waals surface area contributed by atoms with Gasteiger partial charge < -0.3 is 14.2 Å². The van der Waals surface area contributed by atoms with Gasteiger partial charge in [-0.1, -0.05) is 54.1 Å². The molecule has 3 aromatic rings. The molecule has 0 bridgehead atoms. The Balaban J connectivity index is 1.56. The summed E-state index contributed by atoms with van der Waals surface area (Å²) >= 11 is 0. The molecule has 5 rings (SSSR count). The molecule has 7 heteroatoms. The van der Waals surface area contributed by atoms with Crippen LogP contribution in [0.3, 0.4) is 0 Å². The number of rotatable bonds is 4. The number of ether oxygens (including phenoxy) is 3. The molecule has 3 aromatic carbocycles. The molecule has 174 valence electrons. The summed E-state index contributed by atoms with van der Waals surface area (Å²) in [5, 5.41) is 0. The molecule has 0 spiro atoms. The quantitative estimate of drug-likeness (QED) is 0.518. The second kappa shape index (κ2) is 9.27. The minimum absolute atomic E-state index is 0.164. The number of fused-ring (bicyclic) bond motifs is 1. The van der Waals surface area contributed by atoms with Gasteiger partial charge in [-0.05, 0) is 48.4 Å². The lowest BCUT2D eigenvalue weighted by molar-refractivity contribution is 0.174. The van der Waals surface area contributed by atoms with Gasteiger partial charge in [0.1, 0.15) is 5.76 Å². The van der Waals surface area contributed by atoms with E-state index in [-0.39, 0.29) is 18.2 Å². The first-order valence-corrected chi connectivity index (χ1v) is 12.5. The fraction of sp³-hybridized carbons (Fsp3) is 0.185. The Hall–Kier alpha value is -3.71. The summed E-state index contributed by atoms with van der Waals surface area (Å²) in [6.07, 6.45) is 4.17. The molecular formula is C27H25NO5S. The molecule has 0 aromatic heterocycles. The van der Waals surface area contributed by atoms with Crippen LogP contribution in [-0.2, 0) is 14.8 Å². The van der Waals surface area contributed by atoms with Gasteiger partial charge in [-0.3, -0.25) is 4.31 Å². The molecule has 2 heterocycles. The third-order valence-electron chi connectivity index (χ3n) is 5.84. The molecule has 0 atom stereocenters. The Bertz CT molecular complexity index is 1350. The average Bonchev–Trinajstić information content (AvgIpc) is 3.36. The summed E-state index contributed by atoms with van der Waals surface area (Å²) in [6.45, 7) is 2.67. The van der Waals surface area contributed by atoms with Crippen LogP contribution in [0, 0.1) is 6.92 Å². The largest absolute Gasteiger partial charge is 0.491 e. The van der Waals surface area contributed by atoms with E-state index in [0.717, 1.165) is 22.3 Å². The first kappa shape index (κ1) is 22.1. The molecule has 0 amide bonds. The summed E-state index contributed by atoms with van der Waals surface area (Å²) in [5.74, 6) is 1.72. The maximum absolute atomic E-state index is 13.6. The van der Waals surface area contributed by atoms with Gasteiger partial charge in [0.2, 0.25) is 6.79 Å². The Morgan fingerprint density at radius 3 is 2.38 bits per heavy atom. The molecule has 0 radical (unpaired) electrons. The first-order chi connectivity index (χ1) is 16.5. The summed E-state index contributed by atoms with van der Waals surface area (Å²) < 4.78 is 45.7. The maximum atomic E-state index is 13.6. The molecule has 0 N–H and O–H groups in total. The molecule has 2 aliphatic rings. The van der Waals surface area contributed by atoms with Gasteiger partial charge in [-0.25, -0.2) is 8.42 Å². The predicted octanol–water partition coefficient (Wildman–Crippen LogP) is 5.22. The van der Waals surface area contributed by atoms with Gasteiger partial charge in [0, 0.05) is 12.0 Å². The maximum Gasteiger partial charge on any atom is 0.264 e. The minimum Gasteiger partial charge on any atom is -0.491 e. The van der Waals surface area contributed by atoms with Crippen LogP contribution in [0.25, 0.3) is 11.3 Å². The van der Waals surface area contributed by atoms with Crippen molar-refractivity contribution < 1.29 is 22.6 Å². The third kappa shape index (κ3) is 4.52. The topological polar surface area (TPSA) is 65.1 Å². The average molecular weight is 476 g/mol. The number of nitrogens with zero attached hydrogens (tertiary/aromatic N) is 1. The third-order valence-corrected chi connectivity index (χ3v) is 7.58. The first-order valence-electron chi connectivity index (χ1n) is 11.1. The van der Waals surface area contributed by atoms with Crippen molar-refractivity contribution in [1.82, 2.24) is 4.31 Å². The van der Waals surface area contributed by atoms with Crippen molar-refractivity contribution >= 4 is 21.4 Å². The standard InChI is InChI=1S/C27H25NO5S/c1-20-7-10-24(11-8-20)34(29,30)28-15-13-22(21-5-3-2-4-6-21)14-16-31-27(18-28)23-9-12-25-26(17-23)33-19-32-25/h2-13,17-18H,14-16,19H2,1H3/b22-13+,27-18-. The molecule has 0 fully saturated rings. The lowest BCUT2D eigenvalue weighted by Crippen LogP contribution is -2.27. The van der Waals surface area contributed by atoms with Gasteiger partial charge in [0.15, 0.2) is 11.5 Å². The molecule has 0 aliphatic carbocycles. The molecule has 0 saturated carbocycles. The molecule has 0 unspecified atom stereocenters. The highest BCUT2D eigenvalue weighted by Crippen LogP contribution is 2.35. The van der Waals surface area contributed by atoms with Crippen molar-refractivity contribution in [3.8, 4) is 11.5 Å². The minimum atomic E-state index is -3.82. The summed E-state index contributed by atoms with van der Waals surface area (Å²) in [4.78, 5) is 0.230. The normalized spacial score (nSPS) is 19.0. The van der Waals surface area contributed by atoms with Crippen molar-refractivity contribution in [1.29, 1.82) is 0 Å². The van der Waals surface area contributed by atoms with Gasteiger partial charge >= 0.3 is 0 Å². The smallest absolute Gasteiger partial charge is 0.264 e. The fourth-order valence-electron chi connectivity index (χ4n) is 3.93. The number of sulfonamides is 1. The van der Waals surface area contributed by atoms with Crippen molar-refractivity contribution in [2.45, 2.75) is 18.2 Å². The zero-order valence-corrected chi connectivity index (χ0v) is 19.6. The van der Waals surface area contributed by atoms with E-state index in [1.54, 1.807) is 36.5 Å². The lowest BCUT2D eigenvalue weighted by atomic mass is 10.0. The van der Waals surface area contributed by atoms with Gasteiger partial charge in [0.05, 0.1) is 24.2 Å². The van der Waals surface area contributed by atoms with Crippen molar-refractivity contribution in [2.24, 2.45) is 0 Å². The molecular weight excluding hydrogens is 450 g/mol. The van der Waals surface area contributed by atoms with Crippen LogP contribution < -0.4 is 9.47 Å². The fourth-order valence-corrected chi connectivity index (χ4v) is 5.19. The summed E-state index contributed by atoms with van der Waals surface area (Å²) in [5.41, 5.74) is 3.79. The Labute approximate surface area is 199 Å². The van der Waals surface area contributed by atoms with Gasteiger partial charge in [0.25, 0.3) is 10.0 Å². The Morgan fingerprint density at radius 2 is 1.59 bits per heavy atom. The SMILES string of the molecule is Cc1ccc(S(=O)(=O)N2/C=C(/c3ccc4c(c3)OCO4)OCC/C(c3ccccc3)=C\C2)cc1. The second-order valence-corrected chi connectivity index (χ2v) is 10.0. The molecule has 34 heavy (non-hydrogen) atoms. The van der Waals surface area contributed by atoms with Crippen LogP contribution in [0.1, 0.15) is 23.1 Å². The highest BCUT2D eigenvalue weighted by atomic mass is 32.2. The van der Waals surface area contributed by atoms with Crippen LogP contribution in [-0.4, -0.2) is 32.7 Å². The highest BCUT2D eigenvalue weighted by molar-refractivity contribution is 7.89. The van der Waals surface area contributed by atoms with E-state index in [2.05, 4.69) is 0 Å². The zero-order chi connectivity index (χ0) is 23.5. The number of hydrogen-bond donors (Lipinski definition) is 0. The monoisotopic (exact) mass is 475 g/mol. The number of benzene rings is 3. The zero-order valence-electron chi connectivity index (χ0n) is 18.8.